The summed E-state index contributed by atoms with van der Waals surface area (Å²) in [4.78, 5) is 0. The zero-order valence-electron chi connectivity index (χ0n) is 10.6. The number of phenolic OH excluding ortho intramolecular Hbond substituents is 1. The maximum atomic E-state index is 9.82. The van der Waals surface area contributed by atoms with Crippen molar-refractivity contribution >= 4 is 37.5 Å². The molecule has 0 amide bonds. The molecule has 2 nitrogen and oxygen atoms in total. The summed E-state index contributed by atoms with van der Waals surface area (Å²) in [6, 6.07) is 11.6. The first-order valence-corrected chi connectivity index (χ1v) is 7.68. The molecule has 0 bridgehead atoms. The summed E-state index contributed by atoms with van der Waals surface area (Å²) in [5.74, 6) is 0.311. The number of aryl methyl sites for hydroxylation is 1. The third kappa shape index (κ3) is 3.74. The quantitative estimate of drug-likeness (QED) is 0.769. The molecule has 2 rings (SSSR count). The maximum Gasteiger partial charge on any atom is 0.120 e. The standard InChI is InChI=1S/C15H15Br2NO/c1-2-10-7-12(16)3-5-14(10)18-9-11-8-13(17)4-6-15(11)19/h3-8,18-19H,2,9H2,1H3. The molecule has 100 valence electrons. The van der Waals surface area contributed by atoms with Gasteiger partial charge in [0.1, 0.15) is 5.75 Å². The van der Waals surface area contributed by atoms with Gasteiger partial charge >= 0.3 is 0 Å². The molecular formula is C15H15Br2NO. The topological polar surface area (TPSA) is 32.3 Å². The van der Waals surface area contributed by atoms with Gasteiger partial charge in [-0.1, -0.05) is 38.8 Å². The molecule has 0 saturated heterocycles. The van der Waals surface area contributed by atoms with Gasteiger partial charge < -0.3 is 10.4 Å². The van der Waals surface area contributed by atoms with Crippen LogP contribution in [0.3, 0.4) is 0 Å². The van der Waals surface area contributed by atoms with E-state index in [0.29, 0.717) is 12.3 Å². The van der Waals surface area contributed by atoms with E-state index in [1.54, 1.807) is 6.07 Å². The molecule has 0 fully saturated rings. The van der Waals surface area contributed by atoms with E-state index in [1.807, 2.05) is 18.2 Å². The number of halogens is 2. The van der Waals surface area contributed by atoms with E-state index in [4.69, 9.17) is 0 Å². The predicted octanol–water partition coefficient (Wildman–Crippen LogP) is 5.09. The van der Waals surface area contributed by atoms with Gasteiger partial charge in [0.15, 0.2) is 0 Å². The van der Waals surface area contributed by atoms with Crippen LogP contribution in [0, 0.1) is 0 Å². The minimum absolute atomic E-state index is 0.311. The molecule has 0 aliphatic heterocycles. The second-order valence-corrected chi connectivity index (χ2v) is 6.11. The van der Waals surface area contributed by atoms with Gasteiger partial charge in [-0.2, -0.15) is 0 Å². The molecular weight excluding hydrogens is 370 g/mol. The van der Waals surface area contributed by atoms with E-state index in [-0.39, 0.29) is 0 Å². The summed E-state index contributed by atoms with van der Waals surface area (Å²) in [6.07, 6.45) is 0.965. The van der Waals surface area contributed by atoms with Crippen molar-refractivity contribution in [3.8, 4) is 5.75 Å². The van der Waals surface area contributed by atoms with Crippen molar-refractivity contribution in [3.63, 3.8) is 0 Å². The normalized spacial score (nSPS) is 10.5. The lowest BCUT2D eigenvalue weighted by Crippen LogP contribution is -2.02. The molecule has 0 aliphatic rings. The fourth-order valence-corrected chi connectivity index (χ4v) is 2.73. The van der Waals surface area contributed by atoms with Crippen molar-refractivity contribution in [2.75, 3.05) is 5.32 Å². The lowest BCUT2D eigenvalue weighted by molar-refractivity contribution is 0.469. The largest absolute Gasteiger partial charge is 0.508 e. The SMILES string of the molecule is CCc1cc(Br)ccc1NCc1cc(Br)ccc1O. The summed E-state index contributed by atoms with van der Waals surface area (Å²) in [7, 11) is 0. The van der Waals surface area contributed by atoms with Crippen LogP contribution in [0.2, 0.25) is 0 Å². The smallest absolute Gasteiger partial charge is 0.120 e. The zero-order chi connectivity index (χ0) is 13.8. The molecule has 4 heteroatoms. The summed E-state index contributed by atoms with van der Waals surface area (Å²) < 4.78 is 2.05. The predicted molar refractivity (Wildman–Crippen MR) is 86.7 cm³/mol. The summed E-state index contributed by atoms with van der Waals surface area (Å²) >= 11 is 6.90. The average molecular weight is 385 g/mol. The number of rotatable bonds is 4. The van der Waals surface area contributed by atoms with Gasteiger partial charge in [-0.15, -0.1) is 0 Å². The number of phenols is 1. The Bertz CT molecular complexity index is 584. The van der Waals surface area contributed by atoms with Gasteiger partial charge in [-0.25, -0.2) is 0 Å². The number of nitrogens with one attached hydrogen (secondary N) is 1. The zero-order valence-corrected chi connectivity index (χ0v) is 13.8. The van der Waals surface area contributed by atoms with Crippen LogP contribution in [0.15, 0.2) is 45.3 Å². The molecule has 2 aromatic carbocycles. The highest BCUT2D eigenvalue weighted by atomic mass is 79.9. The summed E-state index contributed by atoms with van der Waals surface area (Å²) in [5.41, 5.74) is 3.23. The highest BCUT2D eigenvalue weighted by Gasteiger charge is 2.05. The molecule has 0 atom stereocenters. The fourth-order valence-electron chi connectivity index (χ4n) is 1.91. The summed E-state index contributed by atoms with van der Waals surface area (Å²) in [5, 5.41) is 13.2. The van der Waals surface area contributed by atoms with Gasteiger partial charge in [0.2, 0.25) is 0 Å². The number of benzene rings is 2. The molecule has 2 aromatic rings. The number of anilines is 1. The van der Waals surface area contributed by atoms with Crippen molar-refractivity contribution in [1.29, 1.82) is 0 Å². The Balaban J connectivity index is 2.16. The van der Waals surface area contributed by atoms with Crippen LogP contribution in [0.5, 0.6) is 5.75 Å². The Morgan fingerprint density at radius 2 is 1.63 bits per heavy atom. The van der Waals surface area contributed by atoms with Crippen molar-refractivity contribution in [3.05, 3.63) is 56.5 Å². The van der Waals surface area contributed by atoms with E-state index in [9.17, 15) is 5.11 Å². The van der Waals surface area contributed by atoms with Crippen molar-refractivity contribution in [1.82, 2.24) is 0 Å². The first-order valence-electron chi connectivity index (χ1n) is 6.10. The Labute approximate surface area is 130 Å². The Morgan fingerprint density at radius 3 is 2.32 bits per heavy atom. The highest BCUT2D eigenvalue weighted by molar-refractivity contribution is 9.10. The second-order valence-electron chi connectivity index (χ2n) is 4.28. The van der Waals surface area contributed by atoms with Gasteiger partial charge in [0.25, 0.3) is 0 Å². The van der Waals surface area contributed by atoms with Gasteiger partial charge in [-0.05, 0) is 48.4 Å². The van der Waals surface area contributed by atoms with Crippen LogP contribution in [0.1, 0.15) is 18.1 Å². The van der Waals surface area contributed by atoms with Crippen LogP contribution >= 0.6 is 31.9 Å². The second kappa shape index (κ2) is 6.44. The molecule has 0 radical (unpaired) electrons. The average Bonchev–Trinajstić information content (AvgIpc) is 2.40. The molecule has 0 unspecified atom stereocenters. The van der Waals surface area contributed by atoms with Crippen LogP contribution in [0.4, 0.5) is 5.69 Å². The minimum Gasteiger partial charge on any atom is -0.508 e. The van der Waals surface area contributed by atoms with Crippen molar-refractivity contribution in [2.45, 2.75) is 19.9 Å². The maximum absolute atomic E-state index is 9.82. The number of aromatic hydroxyl groups is 1. The molecule has 0 aliphatic carbocycles. The van der Waals surface area contributed by atoms with E-state index < -0.39 is 0 Å². The van der Waals surface area contributed by atoms with Crippen LogP contribution in [-0.4, -0.2) is 5.11 Å². The Kier molecular flexibility index (Phi) is 4.88. The van der Waals surface area contributed by atoms with E-state index in [2.05, 4.69) is 56.2 Å². The highest BCUT2D eigenvalue weighted by Crippen LogP contribution is 2.25. The lowest BCUT2D eigenvalue weighted by atomic mass is 10.1. The molecule has 19 heavy (non-hydrogen) atoms. The number of hydrogen-bond donors (Lipinski definition) is 2. The first kappa shape index (κ1) is 14.4. The van der Waals surface area contributed by atoms with Crippen LogP contribution in [-0.2, 0) is 13.0 Å². The molecule has 0 aromatic heterocycles. The number of hydrogen-bond acceptors (Lipinski definition) is 2. The van der Waals surface area contributed by atoms with Crippen LogP contribution in [0.25, 0.3) is 0 Å². The third-order valence-electron chi connectivity index (χ3n) is 2.96. The molecule has 0 spiro atoms. The van der Waals surface area contributed by atoms with Gasteiger partial charge in [0, 0.05) is 26.7 Å². The van der Waals surface area contributed by atoms with E-state index >= 15 is 0 Å². The monoisotopic (exact) mass is 383 g/mol. The lowest BCUT2D eigenvalue weighted by Gasteiger charge is -2.12. The minimum atomic E-state index is 0.311. The molecule has 2 N–H and O–H groups in total. The van der Waals surface area contributed by atoms with Gasteiger partial charge in [0.05, 0.1) is 0 Å². The molecule has 0 heterocycles. The van der Waals surface area contributed by atoms with Crippen LogP contribution < -0.4 is 5.32 Å². The van der Waals surface area contributed by atoms with Gasteiger partial charge in [-0.3, -0.25) is 0 Å². The molecule has 0 saturated carbocycles. The van der Waals surface area contributed by atoms with Crippen molar-refractivity contribution in [2.24, 2.45) is 0 Å². The first-order chi connectivity index (χ1) is 9.10. The third-order valence-corrected chi connectivity index (χ3v) is 3.95. The Morgan fingerprint density at radius 1 is 1.00 bits per heavy atom. The van der Waals surface area contributed by atoms with E-state index in [0.717, 1.165) is 26.6 Å². The van der Waals surface area contributed by atoms with E-state index in [1.165, 1.54) is 5.56 Å². The van der Waals surface area contributed by atoms with Crippen molar-refractivity contribution < 1.29 is 5.11 Å². The fraction of sp³-hybridized carbons (Fsp3) is 0.200. The summed E-state index contributed by atoms with van der Waals surface area (Å²) in [6.45, 7) is 2.73. The Hall–Kier alpha value is -1.00.